The summed E-state index contributed by atoms with van der Waals surface area (Å²) in [4.78, 5) is 31.9. The molecule has 0 spiro atoms. The minimum Gasteiger partial charge on any atom is -0.319 e. The second-order valence-corrected chi connectivity index (χ2v) is 7.66. The molecule has 0 aliphatic rings. The standard InChI is InChI=1S/C20H16N6O3S/c1-13(19(27)24-16-9-5-6-10-17(16)26(28)29)30-20-15-11-23-25(18(15)21-12-22-20)14-7-3-2-4-8-14/h2-13H,1H3,(H,24,27). The largest absolute Gasteiger partial charge is 0.319 e. The van der Waals surface area contributed by atoms with Crippen LogP contribution in [0.25, 0.3) is 16.7 Å². The predicted octanol–water partition coefficient (Wildman–Crippen LogP) is 3.84. The van der Waals surface area contributed by atoms with Crippen LogP contribution < -0.4 is 5.32 Å². The fourth-order valence-electron chi connectivity index (χ4n) is 2.87. The number of carbonyl (C=O) groups excluding carboxylic acids is 1. The molecule has 0 saturated carbocycles. The third-order valence-corrected chi connectivity index (χ3v) is 5.46. The van der Waals surface area contributed by atoms with E-state index in [1.165, 1.54) is 30.2 Å². The molecule has 2 heterocycles. The summed E-state index contributed by atoms with van der Waals surface area (Å²) in [5, 5.41) is 19.0. The van der Waals surface area contributed by atoms with Crippen LogP contribution in [0.2, 0.25) is 0 Å². The Balaban J connectivity index is 1.56. The number of rotatable bonds is 6. The summed E-state index contributed by atoms with van der Waals surface area (Å²) in [5.74, 6) is -0.364. The van der Waals surface area contributed by atoms with E-state index < -0.39 is 10.2 Å². The molecular formula is C20H16N6O3S. The fourth-order valence-corrected chi connectivity index (χ4v) is 3.75. The van der Waals surface area contributed by atoms with E-state index in [9.17, 15) is 14.9 Å². The number of fused-ring (bicyclic) bond motifs is 1. The van der Waals surface area contributed by atoms with Gasteiger partial charge in [0.2, 0.25) is 5.91 Å². The molecule has 0 bridgehead atoms. The number of benzene rings is 2. The molecule has 150 valence electrons. The average Bonchev–Trinajstić information content (AvgIpc) is 3.20. The zero-order valence-corrected chi connectivity index (χ0v) is 16.6. The van der Waals surface area contributed by atoms with Crippen molar-refractivity contribution >= 4 is 40.1 Å². The van der Waals surface area contributed by atoms with E-state index in [0.717, 1.165) is 11.1 Å². The summed E-state index contributed by atoms with van der Waals surface area (Å²) < 4.78 is 1.71. The van der Waals surface area contributed by atoms with Crippen molar-refractivity contribution in [3.05, 3.63) is 77.2 Å². The molecule has 0 aliphatic heterocycles. The fraction of sp³-hybridized carbons (Fsp3) is 0.100. The molecule has 10 heteroatoms. The number of nitro benzene ring substituents is 1. The van der Waals surface area contributed by atoms with Crippen LogP contribution >= 0.6 is 11.8 Å². The van der Waals surface area contributed by atoms with Crippen LogP contribution in [0.3, 0.4) is 0 Å². The maximum absolute atomic E-state index is 12.6. The van der Waals surface area contributed by atoms with Gasteiger partial charge < -0.3 is 5.32 Å². The molecule has 1 amide bonds. The Hall–Kier alpha value is -3.79. The number of nitrogens with zero attached hydrogens (tertiary/aromatic N) is 5. The van der Waals surface area contributed by atoms with Gasteiger partial charge in [0.1, 0.15) is 17.0 Å². The van der Waals surface area contributed by atoms with Crippen LogP contribution in [0.15, 0.2) is 72.1 Å². The van der Waals surface area contributed by atoms with Crippen molar-refractivity contribution in [1.82, 2.24) is 19.7 Å². The summed E-state index contributed by atoms with van der Waals surface area (Å²) in [6.07, 6.45) is 3.09. The van der Waals surface area contributed by atoms with Crippen molar-refractivity contribution in [2.24, 2.45) is 0 Å². The molecule has 2 aromatic heterocycles. The maximum Gasteiger partial charge on any atom is 0.292 e. The first-order chi connectivity index (χ1) is 14.5. The lowest BCUT2D eigenvalue weighted by Gasteiger charge is -2.12. The zero-order chi connectivity index (χ0) is 21.1. The van der Waals surface area contributed by atoms with Gasteiger partial charge in [0.15, 0.2) is 5.65 Å². The minimum absolute atomic E-state index is 0.156. The number of nitrogens with one attached hydrogen (secondary N) is 1. The number of carbonyl (C=O) groups is 1. The number of anilines is 1. The number of hydrogen-bond acceptors (Lipinski definition) is 7. The highest BCUT2D eigenvalue weighted by Crippen LogP contribution is 2.30. The third kappa shape index (κ3) is 3.85. The van der Waals surface area contributed by atoms with E-state index in [1.54, 1.807) is 29.9 Å². The van der Waals surface area contributed by atoms with Crippen molar-refractivity contribution in [2.75, 3.05) is 5.32 Å². The number of hydrogen-bond donors (Lipinski definition) is 1. The van der Waals surface area contributed by atoms with Crippen molar-refractivity contribution in [3.8, 4) is 5.69 Å². The molecule has 1 unspecified atom stereocenters. The molecule has 1 atom stereocenters. The van der Waals surface area contributed by atoms with Crippen molar-refractivity contribution in [3.63, 3.8) is 0 Å². The van der Waals surface area contributed by atoms with Crippen LogP contribution in [0, 0.1) is 10.1 Å². The first kappa shape index (κ1) is 19.5. The lowest BCUT2D eigenvalue weighted by atomic mass is 10.2. The molecule has 4 aromatic rings. The number of nitro groups is 1. The van der Waals surface area contributed by atoms with Crippen LogP contribution in [0.4, 0.5) is 11.4 Å². The summed E-state index contributed by atoms with van der Waals surface area (Å²) in [7, 11) is 0. The van der Waals surface area contributed by atoms with Gasteiger partial charge in [-0.1, -0.05) is 42.1 Å². The number of aromatic nitrogens is 4. The lowest BCUT2D eigenvalue weighted by Crippen LogP contribution is -2.23. The topological polar surface area (TPSA) is 116 Å². The molecule has 9 nitrogen and oxygen atoms in total. The predicted molar refractivity (Wildman–Crippen MR) is 114 cm³/mol. The van der Waals surface area contributed by atoms with Gasteiger partial charge in [0, 0.05) is 6.07 Å². The number of amides is 1. The van der Waals surface area contributed by atoms with Gasteiger partial charge in [0.05, 0.1) is 27.4 Å². The summed E-state index contributed by atoms with van der Waals surface area (Å²) in [6, 6.07) is 15.6. The van der Waals surface area contributed by atoms with Gasteiger partial charge in [0.25, 0.3) is 5.69 Å². The molecule has 0 aliphatic carbocycles. The Morgan fingerprint density at radius 1 is 1.13 bits per heavy atom. The molecule has 0 fully saturated rings. The highest BCUT2D eigenvalue weighted by Gasteiger charge is 2.21. The summed E-state index contributed by atoms with van der Waals surface area (Å²) >= 11 is 1.24. The highest BCUT2D eigenvalue weighted by molar-refractivity contribution is 8.00. The number of thioether (sulfide) groups is 1. The quantitative estimate of drug-likeness (QED) is 0.218. The molecule has 1 N–H and O–H groups in total. The third-order valence-electron chi connectivity index (χ3n) is 4.35. The number of para-hydroxylation sites is 3. The van der Waals surface area contributed by atoms with Crippen LogP contribution in [-0.2, 0) is 4.79 Å². The molecular weight excluding hydrogens is 404 g/mol. The van der Waals surface area contributed by atoms with Crippen LogP contribution in [-0.4, -0.2) is 35.8 Å². The van der Waals surface area contributed by atoms with E-state index in [2.05, 4.69) is 20.4 Å². The van der Waals surface area contributed by atoms with E-state index in [-0.39, 0.29) is 17.3 Å². The van der Waals surface area contributed by atoms with Gasteiger partial charge in [-0.3, -0.25) is 14.9 Å². The zero-order valence-electron chi connectivity index (χ0n) is 15.8. The Morgan fingerprint density at radius 3 is 2.63 bits per heavy atom. The first-order valence-corrected chi connectivity index (χ1v) is 9.87. The first-order valence-electron chi connectivity index (χ1n) is 8.99. The Morgan fingerprint density at radius 2 is 1.87 bits per heavy atom. The smallest absolute Gasteiger partial charge is 0.292 e. The van der Waals surface area contributed by atoms with Gasteiger partial charge in [-0.05, 0) is 25.1 Å². The van der Waals surface area contributed by atoms with Gasteiger partial charge in [-0.25, -0.2) is 14.6 Å². The van der Waals surface area contributed by atoms with E-state index in [0.29, 0.717) is 10.7 Å². The van der Waals surface area contributed by atoms with E-state index in [4.69, 9.17) is 0 Å². The monoisotopic (exact) mass is 420 g/mol. The minimum atomic E-state index is -0.553. The molecule has 4 rings (SSSR count). The summed E-state index contributed by atoms with van der Waals surface area (Å²) in [5.41, 5.74) is 1.50. The molecule has 0 saturated heterocycles. The Labute approximate surface area is 175 Å². The second kappa shape index (κ2) is 8.29. The van der Waals surface area contributed by atoms with Crippen LogP contribution in [0.1, 0.15) is 6.92 Å². The maximum atomic E-state index is 12.6. The molecule has 2 aromatic carbocycles. The van der Waals surface area contributed by atoms with Gasteiger partial charge in [-0.15, -0.1) is 0 Å². The van der Waals surface area contributed by atoms with E-state index in [1.807, 2.05) is 30.3 Å². The van der Waals surface area contributed by atoms with Crippen molar-refractivity contribution in [2.45, 2.75) is 17.2 Å². The second-order valence-electron chi connectivity index (χ2n) is 6.33. The molecule has 0 radical (unpaired) electrons. The van der Waals surface area contributed by atoms with Crippen LogP contribution in [0.5, 0.6) is 0 Å². The Kier molecular flexibility index (Phi) is 5.40. The SMILES string of the molecule is CC(Sc1ncnc2c1cnn2-c1ccccc1)C(=O)Nc1ccccc1[N+](=O)[O-]. The van der Waals surface area contributed by atoms with Crippen molar-refractivity contribution < 1.29 is 9.72 Å². The normalized spacial score (nSPS) is 11.9. The Bertz CT molecular complexity index is 1230. The summed E-state index contributed by atoms with van der Waals surface area (Å²) in [6.45, 7) is 1.71. The van der Waals surface area contributed by atoms with Crippen molar-refractivity contribution in [1.29, 1.82) is 0 Å². The van der Waals surface area contributed by atoms with E-state index >= 15 is 0 Å². The average molecular weight is 420 g/mol. The lowest BCUT2D eigenvalue weighted by molar-refractivity contribution is -0.383. The van der Waals surface area contributed by atoms with Gasteiger partial charge in [-0.2, -0.15) is 5.10 Å². The highest BCUT2D eigenvalue weighted by atomic mass is 32.2. The molecule has 30 heavy (non-hydrogen) atoms. The van der Waals surface area contributed by atoms with Gasteiger partial charge >= 0.3 is 0 Å².